The van der Waals surface area contributed by atoms with Crippen molar-refractivity contribution in [3.8, 4) is 0 Å². The summed E-state index contributed by atoms with van der Waals surface area (Å²) in [5.41, 5.74) is 0. The van der Waals surface area contributed by atoms with Crippen molar-refractivity contribution in [2.75, 3.05) is 20.3 Å². The molecule has 0 spiro atoms. The molecule has 21 nitrogen and oxygen atoms in total. The van der Waals surface area contributed by atoms with Crippen molar-refractivity contribution in [3.63, 3.8) is 0 Å². The van der Waals surface area contributed by atoms with Crippen molar-refractivity contribution in [2.45, 2.75) is 144 Å². The zero-order valence-corrected chi connectivity index (χ0v) is 29.0. The van der Waals surface area contributed by atoms with Crippen LogP contribution in [0.15, 0.2) is 0 Å². The minimum absolute atomic E-state index is 0.0302. The summed E-state index contributed by atoms with van der Waals surface area (Å²) in [5.74, 6) is -4.79. The van der Waals surface area contributed by atoms with Gasteiger partial charge in [0.15, 0.2) is 24.8 Å². The van der Waals surface area contributed by atoms with Gasteiger partial charge in [-0.3, -0.25) is 9.59 Å². The molecule has 4 aliphatic rings. The van der Waals surface area contributed by atoms with E-state index in [2.05, 4.69) is 10.6 Å². The highest BCUT2D eigenvalue weighted by atomic mass is 16.7. The van der Waals surface area contributed by atoms with E-state index < -0.39 is 147 Å². The first-order valence-electron chi connectivity index (χ1n) is 16.9. The maximum Gasteiger partial charge on any atom is 0.335 e. The number of nitrogens with one attached hydrogen (secondary N) is 2. The highest BCUT2D eigenvalue weighted by Crippen LogP contribution is 2.36. The van der Waals surface area contributed by atoms with Crippen molar-refractivity contribution in [2.24, 2.45) is 5.92 Å². The minimum atomic E-state index is -2.04. The number of ether oxygens (including phenoxy) is 7. The molecule has 1 saturated carbocycles. The van der Waals surface area contributed by atoms with Gasteiger partial charge in [0.1, 0.15) is 42.7 Å². The number of carboxylic acids is 2. The van der Waals surface area contributed by atoms with Gasteiger partial charge in [0.25, 0.3) is 0 Å². The predicted octanol–water partition coefficient (Wildman–Crippen LogP) is -4.83. The standard InChI is InChI=1S/C31H50N2O19/c1-10-19(32-11(2)36)25(21(39)18(9-35)47-10)51-31-23(41)22(40)26(27(52-31)29(44)45)48-15-5-13(8-34)6-16(20(15)33-12(3)37)49-30-14(38)7-17(46-4)24(50-30)28(42)43/h10,13-27,30-31,34-35,38-41H,5-9H2,1-4H3,(H,32,36)(H,33,37)(H,42,43)(H,44,45). The number of carbonyl (C=O) groups is 4. The van der Waals surface area contributed by atoms with Gasteiger partial charge < -0.3 is 84.6 Å². The third-order valence-electron chi connectivity index (χ3n) is 9.75. The molecule has 3 saturated heterocycles. The molecule has 0 aromatic carbocycles. The number of carboxylic acid groups (broad SMARTS) is 2. The number of amides is 2. The molecule has 2 amide bonds. The maximum atomic E-state index is 12.6. The number of methoxy groups -OCH3 is 1. The Morgan fingerprint density at radius 1 is 0.673 bits per heavy atom. The lowest BCUT2D eigenvalue weighted by Crippen LogP contribution is -2.68. The Labute approximate surface area is 298 Å². The van der Waals surface area contributed by atoms with E-state index in [1.165, 1.54) is 27.9 Å². The van der Waals surface area contributed by atoms with E-state index in [0.29, 0.717) is 0 Å². The maximum absolute atomic E-state index is 12.6. The number of aliphatic hydroxyl groups is 6. The number of hydrogen-bond donors (Lipinski definition) is 10. The Bertz CT molecular complexity index is 1240. The number of aliphatic carboxylic acids is 2. The summed E-state index contributed by atoms with van der Waals surface area (Å²) in [6, 6.07) is -2.22. The van der Waals surface area contributed by atoms with Gasteiger partial charge in [0, 0.05) is 34.0 Å². The molecular formula is C31H50N2O19. The molecule has 21 heteroatoms. The quantitative estimate of drug-likeness (QED) is 0.0843. The summed E-state index contributed by atoms with van der Waals surface area (Å²) in [7, 11) is 1.25. The molecule has 18 atom stereocenters. The number of aliphatic hydroxyl groups excluding tert-OH is 6. The van der Waals surface area contributed by atoms with Gasteiger partial charge in [-0.25, -0.2) is 9.59 Å². The Morgan fingerprint density at radius 2 is 1.25 bits per heavy atom. The topological polar surface area (TPSA) is 319 Å². The summed E-state index contributed by atoms with van der Waals surface area (Å²) in [6.07, 6.45) is -22.9. The van der Waals surface area contributed by atoms with Crippen LogP contribution in [-0.4, -0.2) is 189 Å². The minimum Gasteiger partial charge on any atom is -0.479 e. The van der Waals surface area contributed by atoms with Gasteiger partial charge in [0.2, 0.25) is 11.8 Å². The molecule has 10 N–H and O–H groups in total. The second kappa shape index (κ2) is 18.1. The molecule has 0 bridgehead atoms. The van der Waals surface area contributed by atoms with Gasteiger partial charge in [-0.2, -0.15) is 0 Å². The van der Waals surface area contributed by atoms with E-state index in [4.69, 9.17) is 33.2 Å². The first-order chi connectivity index (χ1) is 24.5. The van der Waals surface area contributed by atoms with Gasteiger partial charge in [-0.15, -0.1) is 0 Å². The molecule has 3 aliphatic heterocycles. The van der Waals surface area contributed by atoms with E-state index in [1.807, 2.05) is 0 Å². The van der Waals surface area contributed by atoms with Crippen molar-refractivity contribution in [3.05, 3.63) is 0 Å². The first kappa shape index (κ1) is 42.1. The molecule has 3 heterocycles. The van der Waals surface area contributed by atoms with Crippen molar-refractivity contribution < 1.29 is 93.2 Å². The lowest BCUT2D eigenvalue weighted by atomic mass is 9.81. The molecule has 0 aromatic rings. The van der Waals surface area contributed by atoms with Crippen LogP contribution in [0, 0.1) is 5.92 Å². The Hall–Kier alpha value is -2.64. The van der Waals surface area contributed by atoms with Gasteiger partial charge in [-0.05, 0) is 25.7 Å². The van der Waals surface area contributed by atoms with Crippen LogP contribution in [0.2, 0.25) is 0 Å². The highest BCUT2D eigenvalue weighted by molar-refractivity contribution is 5.74. The third-order valence-corrected chi connectivity index (χ3v) is 9.75. The molecule has 0 aromatic heterocycles. The van der Waals surface area contributed by atoms with Gasteiger partial charge in [-0.1, -0.05) is 0 Å². The van der Waals surface area contributed by atoms with Crippen LogP contribution in [0.3, 0.4) is 0 Å². The van der Waals surface area contributed by atoms with E-state index in [9.17, 15) is 60.0 Å². The molecule has 4 rings (SSSR count). The largest absolute Gasteiger partial charge is 0.479 e. The number of carbonyl (C=O) groups excluding carboxylic acids is 2. The van der Waals surface area contributed by atoms with Crippen molar-refractivity contribution in [1.82, 2.24) is 10.6 Å². The molecule has 52 heavy (non-hydrogen) atoms. The van der Waals surface area contributed by atoms with E-state index in [0.717, 1.165) is 0 Å². The van der Waals surface area contributed by atoms with Crippen LogP contribution in [0.5, 0.6) is 0 Å². The number of rotatable bonds is 13. The lowest BCUT2D eigenvalue weighted by molar-refractivity contribution is -0.335. The molecule has 1 aliphatic carbocycles. The van der Waals surface area contributed by atoms with Crippen LogP contribution < -0.4 is 10.6 Å². The van der Waals surface area contributed by atoms with Crippen molar-refractivity contribution >= 4 is 23.8 Å². The van der Waals surface area contributed by atoms with E-state index >= 15 is 0 Å². The summed E-state index contributed by atoms with van der Waals surface area (Å²) in [6.45, 7) is 2.80. The van der Waals surface area contributed by atoms with E-state index in [1.54, 1.807) is 0 Å². The molecule has 18 unspecified atom stereocenters. The molecular weight excluding hydrogens is 704 g/mol. The predicted molar refractivity (Wildman–Crippen MR) is 167 cm³/mol. The monoisotopic (exact) mass is 754 g/mol. The zero-order chi connectivity index (χ0) is 38.6. The van der Waals surface area contributed by atoms with Crippen LogP contribution in [-0.2, 0) is 52.3 Å². The second-order valence-corrected chi connectivity index (χ2v) is 13.5. The fourth-order valence-corrected chi connectivity index (χ4v) is 7.20. The average Bonchev–Trinajstić information content (AvgIpc) is 3.08. The molecule has 0 radical (unpaired) electrons. The Balaban J connectivity index is 1.58. The fraction of sp³-hybridized carbons (Fsp3) is 0.871. The average molecular weight is 755 g/mol. The van der Waals surface area contributed by atoms with Crippen LogP contribution in [0.25, 0.3) is 0 Å². The first-order valence-corrected chi connectivity index (χ1v) is 16.9. The number of hydrogen-bond acceptors (Lipinski definition) is 17. The highest BCUT2D eigenvalue weighted by Gasteiger charge is 2.55. The Kier molecular flexibility index (Phi) is 14.7. The Morgan fingerprint density at radius 3 is 1.79 bits per heavy atom. The van der Waals surface area contributed by atoms with Crippen LogP contribution in [0.1, 0.15) is 40.0 Å². The summed E-state index contributed by atoms with van der Waals surface area (Å²) in [4.78, 5) is 48.7. The van der Waals surface area contributed by atoms with Crippen LogP contribution >= 0.6 is 0 Å². The molecule has 298 valence electrons. The van der Waals surface area contributed by atoms with Gasteiger partial charge >= 0.3 is 11.9 Å². The molecule has 4 fully saturated rings. The smallest absolute Gasteiger partial charge is 0.335 e. The fourth-order valence-electron chi connectivity index (χ4n) is 7.20. The summed E-state index contributed by atoms with van der Waals surface area (Å²) >= 11 is 0. The second-order valence-electron chi connectivity index (χ2n) is 13.5. The lowest BCUT2D eigenvalue weighted by Gasteiger charge is -2.49. The summed E-state index contributed by atoms with van der Waals surface area (Å²) < 4.78 is 39.8. The van der Waals surface area contributed by atoms with Gasteiger partial charge in [0.05, 0.1) is 43.1 Å². The third kappa shape index (κ3) is 9.53. The summed E-state index contributed by atoms with van der Waals surface area (Å²) in [5, 5.41) is 89.0. The normalized spacial score (nSPS) is 44.0. The zero-order valence-electron chi connectivity index (χ0n) is 29.0. The van der Waals surface area contributed by atoms with Crippen molar-refractivity contribution in [1.29, 1.82) is 0 Å². The van der Waals surface area contributed by atoms with E-state index in [-0.39, 0.29) is 19.3 Å². The SMILES string of the molecule is COC1CC(O)C(OC2CC(CO)CC(OC3C(C(=O)O)OC(OC4C(O)C(CO)OC(C)C4NC(C)=O)C(O)C3O)C2NC(C)=O)OC1C(=O)O. The van der Waals surface area contributed by atoms with Crippen LogP contribution in [0.4, 0.5) is 0 Å².